The molecular formula is C19H12ClN3O4S. The Kier molecular flexibility index (Phi) is 5.05. The molecule has 28 heavy (non-hydrogen) atoms. The zero-order valence-electron chi connectivity index (χ0n) is 14.2. The normalized spacial score (nSPS) is 10.8. The number of esters is 1. The number of amides is 1. The van der Waals surface area contributed by atoms with Crippen molar-refractivity contribution in [1.29, 1.82) is 0 Å². The molecule has 4 aromatic rings. The Bertz CT molecular complexity index is 1170. The maximum Gasteiger partial charge on any atom is 0.338 e. The van der Waals surface area contributed by atoms with Crippen LogP contribution < -0.4 is 5.32 Å². The summed E-state index contributed by atoms with van der Waals surface area (Å²) in [5, 5.41) is 5.35. The van der Waals surface area contributed by atoms with Gasteiger partial charge in [0.05, 0.1) is 11.3 Å². The Hall–Kier alpha value is -3.23. The second-order valence-corrected chi connectivity index (χ2v) is 6.94. The van der Waals surface area contributed by atoms with Crippen LogP contribution in [-0.2, 0) is 9.53 Å². The monoisotopic (exact) mass is 413 g/mol. The van der Waals surface area contributed by atoms with Gasteiger partial charge in [-0.25, -0.2) is 14.8 Å². The molecule has 140 valence electrons. The van der Waals surface area contributed by atoms with E-state index in [2.05, 4.69) is 15.3 Å². The quantitative estimate of drug-likeness (QED) is 0.487. The molecule has 0 aliphatic carbocycles. The number of fused-ring (bicyclic) bond motifs is 1. The summed E-state index contributed by atoms with van der Waals surface area (Å²) in [5.41, 5.74) is 2.80. The number of carbonyl (C=O) groups excluding carboxylic acids is 2. The average Bonchev–Trinajstić information content (AvgIpc) is 3.35. The Morgan fingerprint density at radius 3 is 2.93 bits per heavy atom. The number of nitrogens with zero attached hydrogens (tertiary/aromatic N) is 2. The van der Waals surface area contributed by atoms with Gasteiger partial charge < -0.3 is 9.15 Å². The highest BCUT2D eigenvalue weighted by Gasteiger charge is 2.14. The van der Waals surface area contributed by atoms with E-state index in [9.17, 15) is 9.59 Å². The third kappa shape index (κ3) is 3.88. The number of ether oxygens (including phenoxy) is 1. The van der Waals surface area contributed by atoms with E-state index in [1.807, 2.05) is 18.2 Å². The molecule has 2 aromatic carbocycles. The molecule has 2 heterocycles. The van der Waals surface area contributed by atoms with Gasteiger partial charge in [-0.3, -0.25) is 10.1 Å². The van der Waals surface area contributed by atoms with Gasteiger partial charge in [-0.15, -0.1) is 11.3 Å². The predicted molar refractivity (Wildman–Crippen MR) is 105 cm³/mol. The fourth-order valence-corrected chi connectivity index (χ4v) is 3.43. The van der Waals surface area contributed by atoms with Gasteiger partial charge >= 0.3 is 5.97 Å². The summed E-state index contributed by atoms with van der Waals surface area (Å²) >= 11 is 7.41. The summed E-state index contributed by atoms with van der Waals surface area (Å²) in [6, 6.07) is 12.0. The molecule has 0 aliphatic heterocycles. The van der Waals surface area contributed by atoms with Crippen LogP contribution in [0, 0.1) is 0 Å². The lowest BCUT2D eigenvalue weighted by molar-refractivity contribution is -0.119. The number of hydrogen-bond donors (Lipinski definition) is 1. The van der Waals surface area contributed by atoms with Gasteiger partial charge in [-0.05, 0) is 24.3 Å². The average molecular weight is 414 g/mol. The highest BCUT2D eigenvalue weighted by Crippen LogP contribution is 2.30. The van der Waals surface area contributed by atoms with E-state index in [0.29, 0.717) is 26.9 Å². The third-order valence-electron chi connectivity index (χ3n) is 3.80. The SMILES string of the molecule is O=C(COC(=O)c1ccc2ncoc2c1)Nc1nc(-c2ccccc2Cl)cs1. The van der Waals surface area contributed by atoms with Gasteiger partial charge in [0.15, 0.2) is 23.7 Å². The number of benzene rings is 2. The maximum absolute atomic E-state index is 12.1. The molecule has 9 heteroatoms. The lowest BCUT2D eigenvalue weighted by Crippen LogP contribution is -2.20. The summed E-state index contributed by atoms with van der Waals surface area (Å²) < 4.78 is 10.2. The van der Waals surface area contributed by atoms with Gasteiger partial charge in [0.2, 0.25) is 0 Å². The number of oxazole rings is 1. The van der Waals surface area contributed by atoms with E-state index in [1.54, 1.807) is 23.6 Å². The molecule has 0 atom stereocenters. The number of nitrogens with one attached hydrogen (secondary N) is 1. The van der Waals surface area contributed by atoms with Gasteiger partial charge in [-0.2, -0.15) is 0 Å². The van der Waals surface area contributed by atoms with Crippen molar-refractivity contribution in [3.8, 4) is 11.3 Å². The Morgan fingerprint density at radius 2 is 2.07 bits per heavy atom. The topological polar surface area (TPSA) is 94.3 Å². The molecule has 0 aliphatic rings. The van der Waals surface area contributed by atoms with E-state index in [4.69, 9.17) is 20.8 Å². The van der Waals surface area contributed by atoms with Crippen molar-refractivity contribution in [2.75, 3.05) is 11.9 Å². The van der Waals surface area contributed by atoms with Crippen LogP contribution in [0.2, 0.25) is 5.02 Å². The van der Waals surface area contributed by atoms with E-state index in [0.717, 1.165) is 5.56 Å². The fourth-order valence-electron chi connectivity index (χ4n) is 2.48. The van der Waals surface area contributed by atoms with Crippen molar-refractivity contribution in [1.82, 2.24) is 9.97 Å². The van der Waals surface area contributed by atoms with Gasteiger partial charge in [0, 0.05) is 16.0 Å². The summed E-state index contributed by atoms with van der Waals surface area (Å²) in [6.45, 7) is -0.436. The Balaban J connectivity index is 1.35. The van der Waals surface area contributed by atoms with Crippen LogP contribution in [0.5, 0.6) is 0 Å². The molecule has 0 saturated heterocycles. The lowest BCUT2D eigenvalue weighted by Gasteiger charge is -2.04. The minimum absolute atomic E-state index is 0.271. The molecule has 4 rings (SSSR count). The molecule has 2 aromatic heterocycles. The smallest absolute Gasteiger partial charge is 0.338 e. The van der Waals surface area contributed by atoms with Crippen molar-refractivity contribution in [3.63, 3.8) is 0 Å². The molecule has 0 saturated carbocycles. The van der Waals surface area contributed by atoms with Crippen molar-refractivity contribution < 1.29 is 18.7 Å². The first kappa shape index (κ1) is 18.1. The number of thiazole rings is 1. The standard InChI is InChI=1S/C19H12ClN3O4S/c20-13-4-2-1-3-12(13)15-9-28-19(22-15)23-17(24)8-26-18(25)11-5-6-14-16(7-11)27-10-21-14/h1-7,9-10H,8H2,(H,22,23,24). The number of anilines is 1. The molecule has 1 N–H and O–H groups in total. The third-order valence-corrected chi connectivity index (χ3v) is 4.89. The minimum atomic E-state index is -0.635. The van der Waals surface area contributed by atoms with E-state index >= 15 is 0 Å². The highest BCUT2D eigenvalue weighted by atomic mass is 35.5. The molecule has 0 radical (unpaired) electrons. The van der Waals surface area contributed by atoms with Crippen LogP contribution in [-0.4, -0.2) is 28.5 Å². The van der Waals surface area contributed by atoms with Crippen LogP contribution in [0.3, 0.4) is 0 Å². The first-order valence-electron chi connectivity index (χ1n) is 8.11. The maximum atomic E-state index is 12.1. The summed E-state index contributed by atoms with van der Waals surface area (Å²) in [7, 11) is 0. The van der Waals surface area contributed by atoms with E-state index < -0.39 is 18.5 Å². The van der Waals surface area contributed by atoms with Crippen molar-refractivity contribution in [2.24, 2.45) is 0 Å². The number of halogens is 1. The highest BCUT2D eigenvalue weighted by molar-refractivity contribution is 7.14. The molecule has 1 amide bonds. The van der Waals surface area contributed by atoms with Crippen LogP contribution in [0.15, 0.2) is 58.7 Å². The van der Waals surface area contributed by atoms with E-state index in [1.165, 1.54) is 23.8 Å². The largest absolute Gasteiger partial charge is 0.452 e. The van der Waals surface area contributed by atoms with Gasteiger partial charge in [0.1, 0.15) is 5.52 Å². The van der Waals surface area contributed by atoms with Crippen molar-refractivity contribution in [3.05, 3.63) is 64.8 Å². The Labute approximate surface area is 167 Å². The fraction of sp³-hybridized carbons (Fsp3) is 0.0526. The first-order chi connectivity index (χ1) is 13.6. The van der Waals surface area contributed by atoms with Crippen LogP contribution >= 0.6 is 22.9 Å². The number of carbonyl (C=O) groups is 2. The molecule has 7 nitrogen and oxygen atoms in total. The minimum Gasteiger partial charge on any atom is -0.452 e. The second kappa shape index (κ2) is 7.79. The zero-order valence-corrected chi connectivity index (χ0v) is 15.8. The van der Waals surface area contributed by atoms with Gasteiger partial charge in [-0.1, -0.05) is 29.8 Å². The molecule has 0 fully saturated rings. The molecular weight excluding hydrogens is 402 g/mol. The van der Waals surface area contributed by atoms with Gasteiger partial charge in [0.25, 0.3) is 5.91 Å². The zero-order chi connectivity index (χ0) is 19.5. The molecule has 0 unspecified atom stereocenters. The summed E-state index contributed by atoms with van der Waals surface area (Å²) in [5.74, 6) is -1.13. The first-order valence-corrected chi connectivity index (χ1v) is 9.36. The molecule has 0 bridgehead atoms. The summed E-state index contributed by atoms with van der Waals surface area (Å²) in [6.07, 6.45) is 1.29. The van der Waals surface area contributed by atoms with Crippen LogP contribution in [0.4, 0.5) is 5.13 Å². The summed E-state index contributed by atoms with van der Waals surface area (Å²) in [4.78, 5) is 32.5. The van der Waals surface area contributed by atoms with Crippen molar-refractivity contribution in [2.45, 2.75) is 0 Å². The number of aromatic nitrogens is 2. The van der Waals surface area contributed by atoms with Crippen LogP contribution in [0.25, 0.3) is 22.4 Å². The number of rotatable bonds is 5. The molecule has 0 spiro atoms. The number of hydrogen-bond acceptors (Lipinski definition) is 7. The Morgan fingerprint density at radius 1 is 1.21 bits per heavy atom. The lowest BCUT2D eigenvalue weighted by atomic mass is 10.2. The van der Waals surface area contributed by atoms with Crippen LogP contribution in [0.1, 0.15) is 10.4 Å². The predicted octanol–water partition coefficient (Wildman–Crippen LogP) is 4.40. The van der Waals surface area contributed by atoms with Crippen molar-refractivity contribution >= 4 is 51.0 Å². The van der Waals surface area contributed by atoms with E-state index in [-0.39, 0.29) is 5.56 Å². The second-order valence-electron chi connectivity index (χ2n) is 5.68.